The molecule has 0 spiro atoms. The SMILES string of the molecule is CC(=O)[C@H]1CCC2C3CC[C@H]4CC(=O)CC[C@@H]4C3CC[C@@]21C. The second kappa shape index (κ2) is 5.18. The fourth-order valence-electron chi connectivity index (χ4n) is 7.33. The molecule has 2 nitrogen and oxygen atoms in total. The molecule has 7 atom stereocenters. The first kappa shape index (κ1) is 14.9. The van der Waals surface area contributed by atoms with Gasteiger partial charge in [-0.05, 0) is 86.9 Å². The summed E-state index contributed by atoms with van der Waals surface area (Å²) in [7, 11) is 0. The van der Waals surface area contributed by atoms with Gasteiger partial charge in [0.1, 0.15) is 11.6 Å². The van der Waals surface area contributed by atoms with Gasteiger partial charge in [0.2, 0.25) is 0 Å². The van der Waals surface area contributed by atoms with Crippen molar-refractivity contribution in [1.82, 2.24) is 0 Å². The predicted octanol–water partition coefficient (Wildman–Crippen LogP) is 4.41. The molecule has 0 aromatic carbocycles. The molecule has 0 N–H and O–H groups in total. The summed E-state index contributed by atoms with van der Waals surface area (Å²) >= 11 is 0. The number of rotatable bonds is 1. The molecule has 0 saturated heterocycles. The fraction of sp³-hybridized carbons (Fsp3) is 0.900. The lowest BCUT2D eigenvalue weighted by molar-refractivity contribution is -0.132. The van der Waals surface area contributed by atoms with Crippen molar-refractivity contribution in [3.63, 3.8) is 0 Å². The predicted molar refractivity (Wildman–Crippen MR) is 86.3 cm³/mol. The summed E-state index contributed by atoms with van der Waals surface area (Å²) in [5.41, 5.74) is 0.282. The second-order valence-corrected chi connectivity index (χ2v) is 9.00. The molecule has 4 rings (SSSR count). The Hall–Kier alpha value is -0.660. The minimum Gasteiger partial charge on any atom is -0.300 e. The van der Waals surface area contributed by atoms with Gasteiger partial charge in [0.25, 0.3) is 0 Å². The van der Waals surface area contributed by atoms with E-state index in [9.17, 15) is 9.59 Å². The Balaban J connectivity index is 1.58. The largest absolute Gasteiger partial charge is 0.300 e. The van der Waals surface area contributed by atoms with Crippen LogP contribution < -0.4 is 0 Å². The van der Waals surface area contributed by atoms with Crippen molar-refractivity contribution < 1.29 is 9.59 Å². The quantitative estimate of drug-likeness (QED) is 0.719. The first-order valence-electron chi connectivity index (χ1n) is 9.53. The molecule has 0 bridgehead atoms. The van der Waals surface area contributed by atoms with Gasteiger partial charge in [0.05, 0.1) is 0 Å². The van der Waals surface area contributed by atoms with E-state index in [1.807, 2.05) is 6.92 Å². The lowest BCUT2D eigenvalue weighted by Crippen LogP contribution is -2.49. The van der Waals surface area contributed by atoms with E-state index in [4.69, 9.17) is 0 Å². The molecule has 2 heteroatoms. The first-order chi connectivity index (χ1) is 10.5. The van der Waals surface area contributed by atoms with Crippen molar-refractivity contribution >= 4 is 11.6 Å². The molecule has 4 aliphatic rings. The maximum atomic E-state index is 12.1. The zero-order chi connectivity index (χ0) is 15.5. The Morgan fingerprint density at radius 3 is 2.59 bits per heavy atom. The summed E-state index contributed by atoms with van der Waals surface area (Å²) in [5, 5.41) is 0. The van der Waals surface area contributed by atoms with Crippen LogP contribution in [0.4, 0.5) is 0 Å². The molecule has 0 amide bonds. The molecule has 0 aromatic heterocycles. The van der Waals surface area contributed by atoms with E-state index in [0.29, 0.717) is 23.4 Å². The average Bonchev–Trinajstić information content (AvgIpc) is 2.84. The zero-order valence-corrected chi connectivity index (χ0v) is 14.1. The van der Waals surface area contributed by atoms with Crippen LogP contribution in [0.5, 0.6) is 0 Å². The molecule has 3 unspecified atom stereocenters. The Bertz CT molecular complexity index is 496. The molecule has 0 radical (unpaired) electrons. The third kappa shape index (κ3) is 2.05. The van der Waals surface area contributed by atoms with Gasteiger partial charge >= 0.3 is 0 Å². The minimum atomic E-state index is 0.282. The number of ketones is 2. The fourth-order valence-corrected chi connectivity index (χ4v) is 7.33. The van der Waals surface area contributed by atoms with E-state index in [0.717, 1.165) is 49.4 Å². The maximum Gasteiger partial charge on any atom is 0.133 e. The van der Waals surface area contributed by atoms with Crippen molar-refractivity contribution in [2.24, 2.45) is 40.9 Å². The van der Waals surface area contributed by atoms with Crippen LogP contribution >= 0.6 is 0 Å². The monoisotopic (exact) mass is 302 g/mol. The van der Waals surface area contributed by atoms with Gasteiger partial charge in [-0.25, -0.2) is 0 Å². The maximum absolute atomic E-state index is 12.1. The van der Waals surface area contributed by atoms with E-state index in [1.165, 1.54) is 32.1 Å². The van der Waals surface area contributed by atoms with Crippen molar-refractivity contribution in [3.8, 4) is 0 Å². The number of Topliss-reactive ketones (excluding diaryl/α,β-unsaturated/α-hetero) is 2. The molecule has 4 saturated carbocycles. The summed E-state index contributed by atoms with van der Waals surface area (Å²) in [4.78, 5) is 23.9. The van der Waals surface area contributed by atoms with Crippen LogP contribution in [-0.2, 0) is 9.59 Å². The lowest BCUT2D eigenvalue weighted by Gasteiger charge is -2.55. The Labute approximate surface area is 134 Å². The molecule has 4 aliphatic carbocycles. The van der Waals surface area contributed by atoms with Gasteiger partial charge in [0.15, 0.2) is 0 Å². The highest BCUT2D eigenvalue weighted by Crippen LogP contribution is 2.64. The van der Waals surface area contributed by atoms with Gasteiger partial charge in [-0.2, -0.15) is 0 Å². The van der Waals surface area contributed by atoms with E-state index in [2.05, 4.69) is 6.92 Å². The third-order valence-corrected chi connectivity index (χ3v) is 8.26. The molecule has 122 valence electrons. The topological polar surface area (TPSA) is 34.1 Å². The molecule has 22 heavy (non-hydrogen) atoms. The van der Waals surface area contributed by atoms with Crippen LogP contribution in [0.15, 0.2) is 0 Å². The van der Waals surface area contributed by atoms with Gasteiger partial charge < -0.3 is 0 Å². The number of carbonyl (C=O) groups excluding carboxylic acids is 2. The highest BCUT2D eigenvalue weighted by atomic mass is 16.1. The van der Waals surface area contributed by atoms with Crippen molar-refractivity contribution in [3.05, 3.63) is 0 Å². The lowest BCUT2D eigenvalue weighted by atomic mass is 9.49. The van der Waals surface area contributed by atoms with Crippen LogP contribution in [-0.4, -0.2) is 11.6 Å². The normalized spacial score (nSPS) is 50.9. The Morgan fingerprint density at radius 2 is 1.82 bits per heavy atom. The van der Waals surface area contributed by atoms with E-state index >= 15 is 0 Å². The molecule has 0 aliphatic heterocycles. The van der Waals surface area contributed by atoms with Crippen LogP contribution in [0.25, 0.3) is 0 Å². The number of hydrogen-bond acceptors (Lipinski definition) is 2. The smallest absolute Gasteiger partial charge is 0.133 e. The first-order valence-corrected chi connectivity index (χ1v) is 9.53. The van der Waals surface area contributed by atoms with Gasteiger partial charge in [-0.3, -0.25) is 9.59 Å². The molecule has 0 aromatic rings. The molecular formula is C20H30O2. The molecule has 0 heterocycles. The summed E-state index contributed by atoms with van der Waals surface area (Å²) < 4.78 is 0. The van der Waals surface area contributed by atoms with E-state index in [1.54, 1.807) is 0 Å². The summed E-state index contributed by atoms with van der Waals surface area (Å²) in [5.74, 6) is 5.25. The number of hydrogen-bond donors (Lipinski definition) is 0. The summed E-state index contributed by atoms with van der Waals surface area (Å²) in [6, 6.07) is 0. The summed E-state index contributed by atoms with van der Waals surface area (Å²) in [6.07, 6.45) is 10.4. The van der Waals surface area contributed by atoms with Crippen molar-refractivity contribution in [1.29, 1.82) is 0 Å². The van der Waals surface area contributed by atoms with Gasteiger partial charge in [0, 0.05) is 18.8 Å². The van der Waals surface area contributed by atoms with E-state index in [-0.39, 0.29) is 5.41 Å². The van der Waals surface area contributed by atoms with Gasteiger partial charge in [-0.15, -0.1) is 0 Å². The number of fused-ring (bicyclic) bond motifs is 5. The molecule has 4 fully saturated rings. The highest BCUT2D eigenvalue weighted by molar-refractivity contribution is 5.80. The summed E-state index contributed by atoms with van der Waals surface area (Å²) in [6.45, 7) is 4.23. The van der Waals surface area contributed by atoms with Crippen LogP contribution in [0.3, 0.4) is 0 Å². The standard InChI is InChI=1S/C20H30O2/c1-12(21)18-7-8-19-17-5-3-13-11-14(22)4-6-15(13)16(17)9-10-20(18,19)2/h13,15-19H,3-11H2,1-2H3/t13-,15-,16?,17?,18+,19?,20+/m0/s1. The Morgan fingerprint density at radius 1 is 1.00 bits per heavy atom. The molecular weight excluding hydrogens is 272 g/mol. The zero-order valence-electron chi connectivity index (χ0n) is 14.1. The van der Waals surface area contributed by atoms with Gasteiger partial charge in [-0.1, -0.05) is 6.92 Å². The van der Waals surface area contributed by atoms with Crippen molar-refractivity contribution in [2.45, 2.75) is 71.6 Å². The second-order valence-electron chi connectivity index (χ2n) is 9.00. The van der Waals surface area contributed by atoms with Crippen molar-refractivity contribution in [2.75, 3.05) is 0 Å². The van der Waals surface area contributed by atoms with E-state index < -0.39 is 0 Å². The Kier molecular flexibility index (Phi) is 3.51. The number of carbonyl (C=O) groups is 2. The highest BCUT2D eigenvalue weighted by Gasteiger charge is 2.57. The minimum absolute atomic E-state index is 0.282. The van der Waals surface area contributed by atoms with Crippen LogP contribution in [0, 0.1) is 40.9 Å². The average molecular weight is 302 g/mol. The van der Waals surface area contributed by atoms with Crippen LogP contribution in [0.2, 0.25) is 0 Å². The van der Waals surface area contributed by atoms with Crippen LogP contribution in [0.1, 0.15) is 71.6 Å². The third-order valence-electron chi connectivity index (χ3n) is 8.26.